The van der Waals surface area contributed by atoms with Crippen molar-refractivity contribution in [1.82, 2.24) is 0 Å². The van der Waals surface area contributed by atoms with Crippen LogP contribution in [0.25, 0.3) is 0 Å². The van der Waals surface area contributed by atoms with E-state index in [1.54, 1.807) is 42.5 Å². The van der Waals surface area contributed by atoms with Crippen molar-refractivity contribution in [1.29, 1.82) is 0 Å². The van der Waals surface area contributed by atoms with Crippen LogP contribution in [-0.4, -0.2) is 23.7 Å². The summed E-state index contributed by atoms with van der Waals surface area (Å²) in [5, 5.41) is 3.36. The number of imide groups is 1. The smallest absolute Gasteiger partial charge is 0.338 e. The van der Waals surface area contributed by atoms with Gasteiger partial charge < -0.3 is 10.1 Å². The van der Waals surface area contributed by atoms with Gasteiger partial charge in [-0.05, 0) is 60.2 Å². The van der Waals surface area contributed by atoms with Gasteiger partial charge in [0.2, 0.25) is 5.91 Å². The molecule has 7 nitrogen and oxygen atoms in total. The van der Waals surface area contributed by atoms with E-state index in [0.29, 0.717) is 27.0 Å². The minimum atomic E-state index is -0.651. The summed E-state index contributed by atoms with van der Waals surface area (Å²) >= 11 is 11.9. The highest BCUT2D eigenvalue weighted by Crippen LogP contribution is 2.30. The standard InChI is InChI=1S/C24H16Cl2N2O5/c1-13(29)27-16-4-6-17(7-5-16)28-22(30)18-8-3-15(11-19(18)23(28)31)24(32)33-12-14-2-9-20(25)21(26)10-14/h2-11H,12H2,1H3,(H,27,29). The summed E-state index contributed by atoms with van der Waals surface area (Å²) in [6, 6.07) is 15.4. The molecule has 0 bridgehead atoms. The Morgan fingerprint density at radius 1 is 0.879 bits per heavy atom. The molecule has 1 heterocycles. The average molecular weight is 483 g/mol. The van der Waals surface area contributed by atoms with Crippen LogP contribution in [0.5, 0.6) is 0 Å². The molecule has 3 aromatic rings. The van der Waals surface area contributed by atoms with E-state index in [1.165, 1.54) is 25.1 Å². The lowest BCUT2D eigenvalue weighted by atomic mass is 10.1. The molecule has 1 aliphatic rings. The first-order chi connectivity index (χ1) is 15.7. The molecule has 0 atom stereocenters. The summed E-state index contributed by atoms with van der Waals surface area (Å²) in [6.45, 7) is 1.34. The first kappa shape index (κ1) is 22.5. The number of benzene rings is 3. The van der Waals surface area contributed by atoms with Crippen molar-refractivity contribution in [3.63, 3.8) is 0 Å². The number of rotatable bonds is 5. The minimum Gasteiger partial charge on any atom is -0.457 e. The summed E-state index contributed by atoms with van der Waals surface area (Å²) in [6.07, 6.45) is 0. The molecule has 33 heavy (non-hydrogen) atoms. The van der Waals surface area contributed by atoms with Crippen molar-refractivity contribution >= 4 is 58.3 Å². The maximum atomic E-state index is 12.9. The van der Waals surface area contributed by atoms with Crippen LogP contribution < -0.4 is 10.2 Å². The monoisotopic (exact) mass is 482 g/mol. The van der Waals surface area contributed by atoms with Gasteiger partial charge >= 0.3 is 5.97 Å². The van der Waals surface area contributed by atoms with Crippen LogP contribution in [0, 0.1) is 0 Å². The van der Waals surface area contributed by atoms with E-state index in [1.807, 2.05) is 0 Å². The molecular weight excluding hydrogens is 467 g/mol. The van der Waals surface area contributed by atoms with Crippen molar-refractivity contribution in [2.24, 2.45) is 0 Å². The summed E-state index contributed by atoms with van der Waals surface area (Å²) < 4.78 is 5.30. The normalized spacial score (nSPS) is 12.5. The molecule has 166 valence electrons. The Bertz CT molecular complexity index is 1300. The number of amides is 3. The Labute approximate surface area is 198 Å². The van der Waals surface area contributed by atoms with Crippen molar-refractivity contribution in [3.05, 3.63) is 93.0 Å². The van der Waals surface area contributed by atoms with E-state index in [0.717, 1.165) is 4.90 Å². The van der Waals surface area contributed by atoms with E-state index < -0.39 is 17.8 Å². The van der Waals surface area contributed by atoms with E-state index in [9.17, 15) is 19.2 Å². The van der Waals surface area contributed by atoms with Crippen molar-refractivity contribution in [2.45, 2.75) is 13.5 Å². The van der Waals surface area contributed by atoms with E-state index >= 15 is 0 Å². The molecule has 0 radical (unpaired) electrons. The Hall–Kier alpha value is -3.68. The fourth-order valence-corrected chi connectivity index (χ4v) is 3.68. The first-order valence-electron chi connectivity index (χ1n) is 9.76. The minimum absolute atomic E-state index is 0.0353. The van der Waals surface area contributed by atoms with Gasteiger partial charge in [0, 0.05) is 12.6 Å². The lowest BCUT2D eigenvalue weighted by Crippen LogP contribution is -2.29. The molecule has 9 heteroatoms. The van der Waals surface area contributed by atoms with Crippen molar-refractivity contribution < 1.29 is 23.9 Å². The third-order valence-corrected chi connectivity index (χ3v) is 5.66. The highest BCUT2D eigenvalue weighted by molar-refractivity contribution is 6.42. The maximum absolute atomic E-state index is 12.9. The van der Waals surface area contributed by atoms with Crippen molar-refractivity contribution in [2.75, 3.05) is 10.2 Å². The molecule has 0 unspecified atom stereocenters. The molecule has 0 aromatic heterocycles. The lowest BCUT2D eigenvalue weighted by molar-refractivity contribution is -0.114. The fraction of sp³-hybridized carbons (Fsp3) is 0.0833. The highest BCUT2D eigenvalue weighted by Gasteiger charge is 2.37. The van der Waals surface area contributed by atoms with Gasteiger partial charge in [-0.2, -0.15) is 0 Å². The molecule has 0 aliphatic carbocycles. The second-order valence-electron chi connectivity index (χ2n) is 7.26. The molecule has 4 rings (SSSR count). The van der Waals surface area contributed by atoms with Crippen LogP contribution in [0.2, 0.25) is 10.0 Å². The zero-order valence-electron chi connectivity index (χ0n) is 17.2. The second-order valence-corrected chi connectivity index (χ2v) is 8.07. The molecule has 3 amide bonds. The van der Waals surface area contributed by atoms with Crippen LogP contribution in [-0.2, 0) is 16.1 Å². The molecule has 3 aromatic carbocycles. The van der Waals surface area contributed by atoms with Crippen LogP contribution in [0.4, 0.5) is 11.4 Å². The lowest BCUT2D eigenvalue weighted by Gasteiger charge is -2.14. The summed E-state index contributed by atoms with van der Waals surface area (Å²) in [5.41, 5.74) is 1.97. The number of carbonyl (C=O) groups is 4. The number of nitrogens with one attached hydrogen (secondary N) is 1. The Kier molecular flexibility index (Phi) is 6.18. The third kappa shape index (κ3) is 4.60. The van der Waals surface area contributed by atoms with E-state index in [2.05, 4.69) is 5.32 Å². The van der Waals surface area contributed by atoms with Crippen LogP contribution in [0.3, 0.4) is 0 Å². The number of ether oxygens (including phenoxy) is 1. The quantitative estimate of drug-likeness (QED) is 0.402. The van der Waals surface area contributed by atoms with Gasteiger partial charge in [0.1, 0.15) is 6.61 Å². The molecule has 0 fully saturated rings. The number of anilines is 2. The van der Waals surface area contributed by atoms with Crippen LogP contribution >= 0.6 is 23.2 Å². The summed E-state index contributed by atoms with van der Waals surface area (Å²) in [5.74, 6) is -1.94. The van der Waals surface area contributed by atoms with Crippen LogP contribution in [0.1, 0.15) is 43.6 Å². The number of carbonyl (C=O) groups excluding carboxylic acids is 4. The summed E-state index contributed by atoms with van der Waals surface area (Å²) in [4.78, 5) is 50.5. The topological polar surface area (TPSA) is 92.8 Å². The second kappa shape index (κ2) is 9.05. The Morgan fingerprint density at radius 2 is 1.58 bits per heavy atom. The number of hydrogen-bond acceptors (Lipinski definition) is 5. The van der Waals surface area contributed by atoms with Crippen LogP contribution in [0.15, 0.2) is 60.7 Å². The van der Waals surface area contributed by atoms with Gasteiger partial charge in [-0.25, -0.2) is 9.69 Å². The SMILES string of the molecule is CC(=O)Nc1ccc(N2C(=O)c3ccc(C(=O)OCc4ccc(Cl)c(Cl)c4)cc3C2=O)cc1. The maximum Gasteiger partial charge on any atom is 0.338 e. The van der Waals surface area contributed by atoms with Gasteiger partial charge in [0.15, 0.2) is 0 Å². The molecule has 0 saturated heterocycles. The largest absolute Gasteiger partial charge is 0.457 e. The Morgan fingerprint density at radius 3 is 2.24 bits per heavy atom. The number of halogens is 2. The van der Waals surface area contributed by atoms with Gasteiger partial charge in [0.05, 0.1) is 32.4 Å². The third-order valence-electron chi connectivity index (χ3n) is 4.92. The molecule has 0 saturated carbocycles. The fourth-order valence-electron chi connectivity index (χ4n) is 3.36. The molecular formula is C24H16Cl2N2O5. The molecule has 1 aliphatic heterocycles. The van der Waals surface area contributed by atoms with Gasteiger partial charge in [-0.1, -0.05) is 29.3 Å². The zero-order valence-corrected chi connectivity index (χ0v) is 18.7. The van der Waals surface area contributed by atoms with Gasteiger partial charge in [0.25, 0.3) is 11.8 Å². The highest BCUT2D eigenvalue weighted by atomic mass is 35.5. The predicted octanol–water partition coefficient (Wildman–Crippen LogP) is 5.11. The van der Waals surface area contributed by atoms with Crippen molar-refractivity contribution in [3.8, 4) is 0 Å². The Balaban J connectivity index is 1.51. The van der Waals surface area contributed by atoms with Gasteiger partial charge in [-0.3, -0.25) is 14.4 Å². The zero-order chi connectivity index (χ0) is 23.7. The predicted molar refractivity (Wildman–Crippen MR) is 124 cm³/mol. The first-order valence-corrected chi connectivity index (χ1v) is 10.5. The summed E-state index contributed by atoms with van der Waals surface area (Å²) in [7, 11) is 0. The molecule has 1 N–H and O–H groups in total. The molecule has 0 spiro atoms. The van der Waals surface area contributed by atoms with E-state index in [-0.39, 0.29) is 29.2 Å². The number of fused-ring (bicyclic) bond motifs is 1. The average Bonchev–Trinajstić information content (AvgIpc) is 3.04. The van der Waals surface area contributed by atoms with Gasteiger partial charge in [-0.15, -0.1) is 0 Å². The number of nitrogens with zero attached hydrogens (tertiary/aromatic N) is 1. The van der Waals surface area contributed by atoms with E-state index in [4.69, 9.17) is 27.9 Å². The number of hydrogen-bond donors (Lipinski definition) is 1. The number of esters is 1.